The number of hydrogen-bond acceptors (Lipinski definition) is 4. The summed E-state index contributed by atoms with van der Waals surface area (Å²) in [6, 6.07) is 0. The minimum absolute atomic E-state index is 0. The van der Waals surface area contributed by atoms with Crippen LogP contribution in [0.2, 0.25) is 0 Å². The predicted octanol–water partition coefficient (Wildman–Crippen LogP) is -3.79. The van der Waals surface area contributed by atoms with Crippen molar-refractivity contribution in [1.29, 1.82) is 0 Å². The van der Waals surface area contributed by atoms with Gasteiger partial charge in [0.2, 0.25) is 0 Å². The Labute approximate surface area is 46.9 Å². The normalized spacial score (nSPS) is 10.0. The van der Waals surface area contributed by atoms with Gasteiger partial charge in [-0.25, -0.2) is 0 Å². The zero-order valence-electron chi connectivity index (χ0n) is 3.00. The summed E-state index contributed by atoms with van der Waals surface area (Å²) in [6.45, 7) is 0. The standard InChI is InChI=1S/AsH3.H4O4Si/c;1-5(2,3)4/h1H3;1-4H. The average molecular weight is 174 g/mol. The molecular weight excluding hydrogens is 167 g/mol. The molecule has 0 rings (SSSR count). The second-order valence-electron chi connectivity index (χ2n) is 0.600. The molecule has 0 radical (unpaired) electrons. The van der Waals surface area contributed by atoms with E-state index in [1.807, 2.05) is 0 Å². The maximum absolute atomic E-state index is 7.33. The van der Waals surface area contributed by atoms with E-state index < -0.39 is 9.05 Å². The van der Waals surface area contributed by atoms with Crippen molar-refractivity contribution in [3.63, 3.8) is 0 Å². The van der Waals surface area contributed by atoms with Crippen LogP contribution in [0.3, 0.4) is 0 Å². The summed E-state index contributed by atoms with van der Waals surface area (Å²) >= 11 is 0. The van der Waals surface area contributed by atoms with Crippen LogP contribution in [0.1, 0.15) is 0 Å². The van der Waals surface area contributed by atoms with Crippen molar-refractivity contribution < 1.29 is 19.2 Å². The first-order valence-corrected chi connectivity index (χ1v) is 2.68. The van der Waals surface area contributed by atoms with Crippen molar-refractivity contribution in [3.8, 4) is 0 Å². The van der Waals surface area contributed by atoms with Crippen molar-refractivity contribution in [2.24, 2.45) is 0 Å². The third kappa shape index (κ3) is 159. The Balaban J connectivity index is 0. The van der Waals surface area contributed by atoms with Gasteiger partial charge in [0.25, 0.3) is 0 Å². The zero-order valence-corrected chi connectivity index (χ0v) is 6.96. The molecule has 0 amide bonds. The van der Waals surface area contributed by atoms with E-state index in [0.29, 0.717) is 0 Å². The molecule has 0 aromatic rings. The van der Waals surface area contributed by atoms with Gasteiger partial charge in [0.1, 0.15) is 0 Å². The van der Waals surface area contributed by atoms with Crippen LogP contribution in [0.15, 0.2) is 0 Å². The minimum atomic E-state index is -4.61. The van der Waals surface area contributed by atoms with Gasteiger partial charge in [-0.15, -0.1) is 0 Å². The molecule has 6 heavy (non-hydrogen) atoms. The molecule has 0 aliphatic carbocycles. The Morgan fingerprint density at radius 2 is 0.833 bits per heavy atom. The summed E-state index contributed by atoms with van der Waals surface area (Å²) < 4.78 is 0. The van der Waals surface area contributed by atoms with E-state index in [0.717, 1.165) is 0 Å². The molecule has 0 bridgehead atoms. The van der Waals surface area contributed by atoms with Crippen LogP contribution in [0.5, 0.6) is 0 Å². The molecule has 0 fully saturated rings. The van der Waals surface area contributed by atoms with Crippen LogP contribution in [0.4, 0.5) is 0 Å². The van der Waals surface area contributed by atoms with Gasteiger partial charge in [0, 0.05) is 0 Å². The Bertz CT molecular complexity index is 23.0. The van der Waals surface area contributed by atoms with Gasteiger partial charge >= 0.3 is 27.0 Å². The topological polar surface area (TPSA) is 80.9 Å². The summed E-state index contributed by atoms with van der Waals surface area (Å²) in [6.07, 6.45) is 0. The molecule has 0 aliphatic heterocycles. The van der Waals surface area contributed by atoms with E-state index in [4.69, 9.17) is 19.2 Å². The first kappa shape index (κ1) is 9.79. The molecule has 1 atom stereocenters. The van der Waals surface area contributed by atoms with E-state index in [9.17, 15) is 0 Å². The molecule has 0 aromatic carbocycles. The van der Waals surface area contributed by atoms with Crippen molar-refractivity contribution in [1.82, 2.24) is 0 Å². The van der Waals surface area contributed by atoms with Gasteiger partial charge in [0.05, 0.1) is 0 Å². The van der Waals surface area contributed by atoms with E-state index in [1.54, 1.807) is 0 Å². The quantitative estimate of drug-likeness (QED) is 0.284. The van der Waals surface area contributed by atoms with Gasteiger partial charge in [-0.2, -0.15) is 0 Å². The summed E-state index contributed by atoms with van der Waals surface area (Å²) in [7, 11) is -4.61. The van der Waals surface area contributed by atoms with Crippen LogP contribution in [-0.2, 0) is 0 Å². The molecular formula is H7AsO4Si. The molecule has 0 saturated heterocycles. The molecule has 0 aromatic heterocycles. The molecule has 4 nitrogen and oxygen atoms in total. The first-order valence-electron chi connectivity index (χ1n) is 0.894. The average Bonchev–Trinajstić information content (AvgIpc) is 0.722. The van der Waals surface area contributed by atoms with E-state index >= 15 is 0 Å². The van der Waals surface area contributed by atoms with E-state index in [2.05, 4.69) is 0 Å². The predicted molar refractivity (Wildman–Crippen MR) is 24.6 cm³/mol. The van der Waals surface area contributed by atoms with Crippen LogP contribution in [0, 0.1) is 0 Å². The molecule has 0 saturated carbocycles. The second-order valence-corrected chi connectivity index (χ2v) is 1.80. The maximum atomic E-state index is 7.33. The van der Waals surface area contributed by atoms with Gasteiger partial charge in [-0.1, -0.05) is 0 Å². The second kappa shape index (κ2) is 2.73. The first-order chi connectivity index (χ1) is 2.00. The SMILES string of the molecule is O[Si](O)(O)O.[AsH3]. The zero-order chi connectivity index (χ0) is 4.50. The van der Waals surface area contributed by atoms with Crippen molar-refractivity contribution in [3.05, 3.63) is 0 Å². The third-order valence-corrected chi connectivity index (χ3v) is 0. The van der Waals surface area contributed by atoms with E-state index in [1.165, 1.54) is 0 Å². The van der Waals surface area contributed by atoms with Gasteiger partial charge in [0.15, 0.2) is 0 Å². The summed E-state index contributed by atoms with van der Waals surface area (Å²) in [5.74, 6) is 0. The fourth-order valence-electron chi connectivity index (χ4n) is 0. The Morgan fingerprint density at radius 3 is 0.833 bits per heavy atom. The number of hydrogen-bond donors (Lipinski definition) is 4. The molecule has 4 N–H and O–H groups in total. The third-order valence-electron chi connectivity index (χ3n) is 0. The number of rotatable bonds is 0. The van der Waals surface area contributed by atoms with Crippen molar-refractivity contribution in [2.75, 3.05) is 0 Å². The van der Waals surface area contributed by atoms with Crippen molar-refractivity contribution in [2.45, 2.75) is 0 Å². The van der Waals surface area contributed by atoms with Crippen LogP contribution >= 0.6 is 0 Å². The van der Waals surface area contributed by atoms with Crippen LogP contribution in [0.25, 0.3) is 0 Å². The Hall–Kier alpha value is 0.615. The van der Waals surface area contributed by atoms with Crippen molar-refractivity contribution >= 4 is 27.0 Å². The van der Waals surface area contributed by atoms with Gasteiger partial charge < -0.3 is 19.2 Å². The Kier molecular flexibility index (Phi) is 4.46. The van der Waals surface area contributed by atoms with E-state index in [-0.39, 0.29) is 18.0 Å². The van der Waals surface area contributed by atoms with Crippen LogP contribution in [-0.4, -0.2) is 46.2 Å². The molecule has 1 unspecified atom stereocenters. The summed E-state index contributed by atoms with van der Waals surface area (Å²) in [4.78, 5) is 29.3. The molecule has 6 heteroatoms. The molecule has 0 aliphatic rings. The van der Waals surface area contributed by atoms with Gasteiger partial charge in [-0.3, -0.25) is 0 Å². The summed E-state index contributed by atoms with van der Waals surface area (Å²) in [5, 5.41) is 0. The molecule has 40 valence electrons. The van der Waals surface area contributed by atoms with Gasteiger partial charge in [-0.05, 0) is 0 Å². The fourth-order valence-corrected chi connectivity index (χ4v) is 0. The fraction of sp³-hybridized carbons (Fsp3) is 0. The van der Waals surface area contributed by atoms with Crippen LogP contribution < -0.4 is 0 Å². The monoisotopic (exact) mass is 174 g/mol. The molecule has 0 spiro atoms. The summed E-state index contributed by atoms with van der Waals surface area (Å²) in [5.41, 5.74) is 0. The Morgan fingerprint density at radius 1 is 0.833 bits per heavy atom. The molecule has 0 heterocycles.